The third-order valence-electron chi connectivity index (χ3n) is 7.98. The summed E-state index contributed by atoms with van der Waals surface area (Å²) in [6.07, 6.45) is 16.5. The van der Waals surface area contributed by atoms with Crippen molar-refractivity contribution in [3.05, 3.63) is 130 Å². The molecule has 3 heterocycles. The van der Waals surface area contributed by atoms with Crippen LogP contribution in [0.2, 0.25) is 0 Å². The number of aromatic nitrogens is 3. The molecule has 5 heteroatoms. The minimum absolute atomic E-state index is 0.832. The summed E-state index contributed by atoms with van der Waals surface area (Å²) < 4.78 is 0. The maximum atomic E-state index is 4.65. The van der Waals surface area contributed by atoms with Gasteiger partial charge in [-0.1, -0.05) is 80.4 Å². The van der Waals surface area contributed by atoms with Crippen molar-refractivity contribution in [3.8, 4) is 11.4 Å². The lowest BCUT2D eigenvalue weighted by Gasteiger charge is -2.35. The fraction of sp³-hybridized carbons (Fsp3) is 0.270. The largest absolute Gasteiger partial charge is 0.368 e. The van der Waals surface area contributed by atoms with Gasteiger partial charge >= 0.3 is 0 Å². The van der Waals surface area contributed by atoms with Gasteiger partial charge in [-0.2, -0.15) is 5.10 Å². The Labute approximate surface area is 251 Å². The van der Waals surface area contributed by atoms with Crippen LogP contribution in [0.3, 0.4) is 0 Å². The van der Waals surface area contributed by atoms with Crippen LogP contribution in [0.25, 0.3) is 29.7 Å². The second-order valence-corrected chi connectivity index (χ2v) is 10.9. The summed E-state index contributed by atoms with van der Waals surface area (Å²) in [5.41, 5.74) is 10.2. The molecule has 5 nitrogen and oxygen atoms in total. The zero-order valence-electron chi connectivity index (χ0n) is 25.7. The number of nitrogens with zero attached hydrogens (tertiary/aromatic N) is 3. The van der Waals surface area contributed by atoms with Crippen LogP contribution >= 0.6 is 0 Å². The Balaban J connectivity index is 1.55. The van der Waals surface area contributed by atoms with Crippen LogP contribution in [0.4, 0.5) is 0 Å². The van der Waals surface area contributed by atoms with Gasteiger partial charge in [0.1, 0.15) is 5.69 Å². The molecule has 42 heavy (non-hydrogen) atoms. The van der Waals surface area contributed by atoms with Gasteiger partial charge in [0.05, 0.1) is 11.0 Å². The van der Waals surface area contributed by atoms with Crippen LogP contribution < -0.4 is 10.6 Å². The molecule has 2 aromatic heterocycles. The summed E-state index contributed by atoms with van der Waals surface area (Å²) in [5, 5.41) is 9.61. The molecule has 0 radical (unpaired) electrons. The van der Waals surface area contributed by atoms with E-state index >= 15 is 0 Å². The van der Waals surface area contributed by atoms with Gasteiger partial charge in [0.2, 0.25) is 0 Å². The van der Waals surface area contributed by atoms with E-state index in [1.807, 2.05) is 12.2 Å². The van der Waals surface area contributed by atoms with E-state index in [0.717, 1.165) is 72.2 Å². The molecule has 218 valence electrons. The molecule has 0 atom stereocenters. The van der Waals surface area contributed by atoms with E-state index in [2.05, 4.69) is 139 Å². The van der Waals surface area contributed by atoms with E-state index in [4.69, 9.17) is 0 Å². The van der Waals surface area contributed by atoms with Crippen LogP contribution in [0.15, 0.2) is 103 Å². The molecule has 0 unspecified atom stereocenters. The molecular formula is C37H45N5. The van der Waals surface area contributed by atoms with Crippen molar-refractivity contribution in [3.63, 3.8) is 0 Å². The number of hydrogen-bond donors (Lipinski definition) is 2. The van der Waals surface area contributed by atoms with E-state index in [9.17, 15) is 0 Å². The zero-order chi connectivity index (χ0) is 30.1. The number of aryl methyl sites for hydroxylation is 2. The Morgan fingerprint density at radius 3 is 2.48 bits per heavy atom. The highest BCUT2D eigenvalue weighted by atomic mass is 15.3. The average Bonchev–Trinajstić information content (AvgIpc) is 3.57. The Bertz CT molecular complexity index is 1620. The van der Waals surface area contributed by atoms with Crippen molar-refractivity contribution in [1.29, 1.82) is 0 Å². The second-order valence-electron chi connectivity index (χ2n) is 10.9. The van der Waals surface area contributed by atoms with Crippen molar-refractivity contribution in [2.24, 2.45) is 0 Å². The second kappa shape index (κ2) is 14.5. The average molecular weight is 560 g/mol. The topological polar surface area (TPSA) is 51.0 Å². The van der Waals surface area contributed by atoms with E-state index in [1.54, 1.807) is 0 Å². The Morgan fingerprint density at radius 1 is 1.07 bits per heavy atom. The minimum Gasteiger partial charge on any atom is -0.368 e. The number of benzene rings is 1. The smallest absolute Gasteiger partial charge is 0.116 e. The number of likely N-dealkylation sites (N-methyl/N-ethyl adjacent to an activating group) is 1. The molecule has 3 aromatic rings. The lowest BCUT2D eigenvalue weighted by molar-refractivity contribution is 0.207. The van der Waals surface area contributed by atoms with Gasteiger partial charge in [-0.05, 0) is 81.2 Å². The molecule has 0 amide bonds. The van der Waals surface area contributed by atoms with Gasteiger partial charge in [0.25, 0.3) is 0 Å². The van der Waals surface area contributed by atoms with Crippen molar-refractivity contribution >= 4 is 18.4 Å². The first-order valence-electron chi connectivity index (χ1n) is 14.8. The lowest BCUT2D eigenvalue weighted by atomic mass is 9.99. The first-order valence-corrected chi connectivity index (χ1v) is 14.8. The van der Waals surface area contributed by atoms with Crippen molar-refractivity contribution < 1.29 is 0 Å². The Morgan fingerprint density at radius 2 is 1.81 bits per heavy atom. The van der Waals surface area contributed by atoms with Crippen LogP contribution in [-0.2, 0) is 6.42 Å². The van der Waals surface area contributed by atoms with Crippen LogP contribution in [0.5, 0.6) is 0 Å². The quantitative estimate of drug-likeness (QED) is 0.271. The predicted molar refractivity (Wildman–Crippen MR) is 180 cm³/mol. The van der Waals surface area contributed by atoms with Crippen molar-refractivity contribution in [1.82, 2.24) is 25.0 Å². The number of aromatic amines is 2. The molecule has 0 saturated carbocycles. The molecule has 0 bridgehead atoms. The minimum atomic E-state index is 0.832. The SMILES string of the molecule is C=C/C=C(\c1cc(-c2n[nH]/c(=C/C=C(C)/C(/C=C(\C=C)CCc3ccccc3)=C/C)c2=C)[nH]c1C)N1CCN(C)CC1. The third-order valence-corrected chi connectivity index (χ3v) is 7.98. The van der Waals surface area contributed by atoms with Crippen LogP contribution in [-0.4, -0.2) is 58.2 Å². The summed E-state index contributed by atoms with van der Waals surface area (Å²) in [7, 11) is 2.17. The Hall–Kier alpha value is -4.35. The highest BCUT2D eigenvalue weighted by Gasteiger charge is 2.20. The van der Waals surface area contributed by atoms with Crippen LogP contribution in [0, 0.1) is 6.92 Å². The van der Waals surface area contributed by atoms with Gasteiger partial charge in [-0.15, -0.1) is 0 Å². The number of rotatable bonds is 11. The lowest BCUT2D eigenvalue weighted by Crippen LogP contribution is -2.43. The molecule has 2 N–H and O–H groups in total. The van der Waals surface area contributed by atoms with E-state index < -0.39 is 0 Å². The molecule has 1 aromatic carbocycles. The molecule has 1 saturated heterocycles. The highest BCUT2D eigenvalue weighted by molar-refractivity contribution is 5.73. The van der Waals surface area contributed by atoms with Crippen LogP contribution in [0.1, 0.15) is 37.1 Å². The van der Waals surface area contributed by atoms with Gasteiger partial charge in [-0.3, -0.25) is 5.10 Å². The van der Waals surface area contributed by atoms with Gasteiger partial charge < -0.3 is 14.8 Å². The highest BCUT2D eigenvalue weighted by Crippen LogP contribution is 2.27. The molecule has 4 rings (SSSR count). The summed E-state index contributed by atoms with van der Waals surface area (Å²) in [5.74, 6) is 0. The molecule has 1 aliphatic heterocycles. The summed E-state index contributed by atoms with van der Waals surface area (Å²) in [6, 6.07) is 12.8. The number of H-pyrrole nitrogens is 2. The maximum Gasteiger partial charge on any atom is 0.116 e. The molecule has 1 fully saturated rings. The summed E-state index contributed by atoms with van der Waals surface area (Å²) >= 11 is 0. The van der Waals surface area contributed by atoms with E-state index in [0.29, 0.717) is 0 Å². The molecule has 0 spiro atoms. The van der Waals surface area contributed by atoms with Gasteiger partial charge in [0.15, 0.2) is 0 Å². The number of hydrogen-bond acceptors (Lipinski definition) is 3. The first kappa shape index (κ1) is 30.6. The van der Waals surface area contributed by atoms with Gasteiger partial charge in [-0.25, -0.2) is 0 Å². The molecular weight excluding hydrogens is 514 g/mol. The van der Waals surface area contributed by atoms with Gasteiger partial charge in [0, 0.05) is 48.4 Å². The predicted octanol–water partition coefficient (Wildman–Crippen LogP) is 6.32. The fourth-order valence-electron chi connectivity index (χ4n) is 5.31. The maximum absolute atomic E-state index is 4.65. The monoisotopic (exact) mass is 559 g/mol. The third kappa shape index (κ3) is 7.48. The fourth-order valence-corrected chi connectivity index (χ4v) is 5.31. The zero-order valence-corrected chi connectivity index (χ0v) is 25.7. The van der Waals surface area contributed by atoms with E-state index in [-0.39, 0.29) is 0 Å². The summed E-state index contributed by atoms with van der Waals surface area (Å²) in [6.45, 7) is 22.8. The molecule has 1 aliphatic rings. The number of allylic oxidation sites excluding steroid dienone is 9. The summed E-state index contributed by atoms with van der Waals surface area (Å²) in [4.78, 5) is 8.36. The van der Waals surface area contributed by atoms with E-state index in [1.165, 1.54) is 28.0 Å². The van der Waals surface area contributed by atoms with Crippen molar-refractivity contribution in [2.75, 3.05) is 33.2 Å². The Kier molecular flexibility index (Phi) is 10.6. The normalized spacial score (nSPS) is 16.3. The standard InChI is InChI=1S/C37H45N5/c1-8-14-36(42-23-21-41(7)22-24-42)33-26-35(38-29(33)6)37-28(5)34(39-40-37)20-17-27(4)32(10-3)25-30(9-2)18-19-31-15-12-11-13-16-31/h8-17,20,25-26,38-39H,1-2,5,18-19,21-24H2,3-4,6-7H3/b27-17+,30-25+,32-10+,34-20+,36-14+. The van der Waals surface area contributed by atoms with Crippen molar-refractivity contribution in [2.45, 2.75) is 33.6 Å². The first-order chi connectivity index (χ1) is 20.3. The number of nitrogens with one attached hydrogen (secondary N) is 2. The number of piperazine rings is 1. The molecule has 0 aliphatic carbocycles.